The van der Waals surface area contributed by atoms with Crippen molar-refractivity contribution in [2.45, 2.75) is 11.8 Å². The van der Waals surface area contributed by atoms with Crippen LogP contribution < -0.4 is 0 Å². The van der Waals surface area contributed by atoms with Gasteiger partial charge >= 0.3 is 0 Å². The Hall–Kier alpha value is -2.23. The topological polar surface area (TPSA) is 26.0 Å². The number of fused-ring (bicyclic) bond motifs is 1. The van der Waals surface area contributed by atoms with E-state index in [1.165, 1.54) is 10.5 Å². The van der Waals surface area contributed by atoms with E-state index in [0.717, 1.165) is 28.0 Å². The molecule has 0 amide bonds. The number of hydrogen-bond acceptors (Lipinski definition) is 3. The van der Waals surface area contributed by atoms with Crippen molar-refractivity contribution in [2.24, 2.45) is 0 Å². The quantitative estimate of drug-likeness (QED) is 0.367. The molecule has 0 aliphatic heterocycles. The fourth-order valence-corrected chi connectivity index (χ4v) is 3.60. The normalized spacial score (nSPS) is 11.1. The molecular weight excluding hydrogens is 350 g/mol. The third kappa shape index (κ3) is 3.44. The second-order valence-corrected chi connectivity index (χ2v) is 7.44. The smallest absolute Gasteiger partial charge is 0.227 e. The first-order valence-corrected chi connectivity index (χ1v) is 9.49. The van der Waals surface area contributed by atoms with Gasteiger partial charge in [0.1, 0.15) is 5.52 Å². The Morgan fingerprint density at radius 1 is 0.920 bits per heavy atom. The molecule has 0 bridgehead atoms. The summed E-state index contributed by atoms with van der Waals surface area (Å²) in [4.78, 5) is 5.92. The third-order valence-corrected chi connectivity index (χ3v) is 5.09. The molecule has 0 aliphatic carbocycles. The minimum Gasteiger partial charge on any atom is -0.436 e. The predicted octanol–water partition coefficient (Wildman–Crippen LogP) is 6.93. The van der Waals surface area contributed by atoms with Gasteiger partial charge in [-0.3, -0.25) is 0 Å². The highest BCUT2D eigenvalue weighted by molar-refractivity contribution is 7.99. The fraction of sp³-hybridized carbons (Fsp3) is 0.0952. The van der Waals surface area contributed by atoms with E-state index in [1.807, 2.05) is 42.1 Å². The van der Waals surface area contributed by atoms with Gasteiger partial charge in [0.25, 0.3) is 0 Å². The average molecular weight is 366 g/mol. The molecule has 0 spiro atoms. The summed E-state index contributed by atoms with van der Waals surface area (Å²) in [5.41, 5.74) is 4.89. The number of rotatable bonds is 4. The molecule has 2 nitrogen and oxygen atoms in total. The van der Waals surface area contributed by atoms with Gasteiger partial charge in [-0.1, -0.05) is 36.7 Å². The van der Waals surface area contributed by atoms with Crippen LogP contribution in [0.4, 0.5) is 0 Å². The summed E-state index contributed by atoms with van der Waals surface area (Å²) in [5.74, 6) is 1.68. The molecule has 4 rings (SSSR count). The summed E-state index contributed by atoms with van der Waals surface area (Å²) in [6, 6.07) is 22.2. The Morgan fingerprint density at radius 3 is 2.48 bits per heavy atom. The molecule has 1 aromatic heterocycles. The summed E-state index contributed by atoms with van der Waals surface area (Å²) in [7, 11) is 0. The summed E-state index contributed by atoms with van der Waals surface area (Å²) >= 11 is 7.79. The molecule has 3 aromatic carbocycles. The molecule has 0 radical (unpaired) electrons. The number of oxazole rings is 1. The highest BCUT2D eigenvalue weighted by Gasteiger charge is 2.10. The second-order valence-electron chi connectivity index (χ2n) is 5.67. The van der Waals surface area contributed by atoms with E-state index >= 15 is 0 Å². The van der Waals surface area contributed by atoms with E-state index < -0.39 is 0 Å². The number of aromatic nitrogens is 1. The predicted molar refractivity (Wildman–Crippen MR) is 106 cm³/mol. The second kappa shape index (κ2) is 6.95. The third-order valence-electron chi connectivity index (χ3n) is 3.96. The number of halogens is 1. The summed E-state index contributed by atoms with van der Waals surface area (Å²) in [6.07, 6.45) is 0. The lowest BCUT2D eigenvalue weighted by atomic mass is 10.1. The highest BCUT2D eigenvalue weighted by Crippen LogP contribution is 2.30. The Balaban J connectivity index is 1.73. The average Bonchev–Trinajstić information content (AvgIpc) is 3.06. The van der Waals surface area contributed by atoms with E-state index in [-0.39, 0.29) is 0 Å². The van der Waals surface area contributed by atoms with Crippen LogP contribution >= 0.6 is 23.4 Å². The molecule has 0 saturated carbocycles. The molecule has 25 heavy (non-hydrogen) atoms. The van der Waals surface area contributed by atoms with Crippen LogP contribution in [0.5, 0.6) is 0 Å². The maximum Gasteiger partial charge on any atom is 0.227 e. The SMILES string of the molecule is CCSc1cccc(-c2ccc3oc(-c4ccc(Cl)cc4)nc3c2)c1. The van der Waals surface area contributed by atoms with Crippen LogP contribution in [-0.2, 0) is 0 Å². The Kier molecular flexibility index (Phi) is 4.51. The highest BCUT2D eigenvalue weighted by atomic mass is 35.5. The van der Waals surface area contributed by atoms with Gasteiger partial charge in [-0.15, -0.1) is 11.8 Å². The van der Waals surface area contributed by atoms with E-state index in [0.29, 0.717) is 10.9 Å². The van der Waals surface area contributed by atoms with E-state index in [4.69, 9.17) is 16.0 Å². The lowest BCUT2D eigenvalue weighted by Crippen LogP contribution is -1.80. The van der Waals surface area contributed by atoms with Crippen molar-refractivity contribution in [1.29, 1.82) is 0 Å². The first-order chi connectivity index (χ1) is 12.2. The summed E-state index contributed by atoms with van der Waals surface area (Å²) in [5, 5.41) is 0.701. The van der Waals surface area contributed by atoms with E-state index in [1.54, 1.807) is 0 Å². The van der Waals surface area contributed by atoms with Gasteiger partial charge < -0.3 is 4.42 Å². The van der Waals surface area contributed by atoms with Crippen molar-refractivity contribution < 1.29 is 4.42 Å². The Morgan fingerprint density at radius 2 is 1.68 bits per heavy atom. The first-order valence-electron chi connectivity index (χ1n) is 8.13. The molecular formula is C21H16ClNOS. The van der Waals surface area contributed by atoms with Crippen molar-refractivity contribution >= 4 is 34.5 Å². The van der Waals surface area contributed by atoms with Gasteiger partial charge in [0, 0.05) is 15.5 Å². The lowest BCUT2D eigenvalue weighted by molar-refractivity contribution is 0.620. The maximum absolute atomic E-state index is 5.95. The number of hydrogen-bond donors (Lipinski definition) is 0. The molecule has 0 N–H and O–H groups in total. The Labute approximate surface area is 155 Å². The zero-order valence-electron chi connectivity index (χ0n) is 13.7. The van der Waals surface area contributed by atoms with Crippen molar-refractivity contribution in [3.8, 4) is 22.6 Å². The van der Waals surface area contributed by atoms with Crippen molar-refractivity contribution in [3.05, 3.63) is 71.8 Å². The zero-order valence-corrected chi connectivity index (χ0v) is 15.3. The van der Waals surface area contributed by atoms with E-state index in [2.05, 4.69) is 48.3 Å². The molecule has 0 atom stereocenters. The van der Waals surface area contributed by atoms with Crippen molar-refractivity contribution in [3.63, 3.8) is 0 Å². The van der Waals surface area contributed by atoms with Crippen LogP contribution in [0.15, 0.2) is 76.0 Å². The number of nitrogens with zero attached hydrogens (tertiary/aromatic N) is 1. The number of benzene rings is 3. The molecule has 0 unspecified atom stereocenters. The molecule has 4 aromatic rings. The van der Waals surface area contributed by atoms with Gasteiger partial charge in [0.15, 0.2) is 5.58 Å². The van der Waals surface area contributed by atoms with Crippen LogP contribution in [0.2, 0.25) is 5.02 Å². The molecule has 0 saturated heterocycles. The van der Waals surface area contributed by atoms with Crippen molar-refractivity contribution in [1.82, 2.24) is 4.98 Å². The molecule has 0 aliphatic rings. The van der Waals surface area contributed by atoms with Crippen LogP contribution in [0.25, 0.3) is 33.7 Å². The monoisotopic (exact) mass is 365 g/mol. The van der Waals surface area contributed by atoms with Crippen LogP contribution in [0.3, 0.4) is 0 Å². The first kappa shape index (κ1) is 16.2. The largest absolute Gasteiger partial charge is 0.436 e. The Bertz CT molecular complexity index is 1020. The fourth-order valence-electron chi connectivity index (χ4n) is 2.76. The van der Waals surface area contributed by atoms with Gasteiger partial charge in [-0.25, -0.2) is 4.98 Å². The maximum atomic E-state index is 5.95. The lowest BCUT2D eigenvalue weighted by Gasteiger charge is -2.04. The molecule has 1 heterocycles. The summed E-state index contributed by atoms with van der Waals surface area (Å²) in [6.45, 7) is 2.16. The van der Waals surface area contributed by atoms with Gasteiger partial charge in [-0.05, 0) is 65.4 Å². The molecule has 4 heteroatoms. The van der Waals surface area contributed by atoms with Gasteiger partial charge in [0.2, 0.25) is 5.89 Å². The number of thioether (sulfide) groups is 1. The van der Waals surface area contributed by atoms with E-state index in [9.17, 15) is 0 Å². The molecule has 124 valence electrons. The van der Waals surface area contributed by atoms with Crippen LogP contribution in [0, 0.1) is 0 Å². The van der Waals surface area contributed by atoms with Crippen LogP contribution in [-0.4, -0.2) is 10.7 Å². The van der Waals surface area contributed by atoms with Crippen molar-refractivity contribution in [2.75, 3.05) is 5.75 Å². The van der Waals surface area contributed by atoms with Crippen LogP contribution in [0.1, 0.15) is 6.92 Å². The minimum absolute atomic E-state index is 0.610. The van der Waals surface area contributed by atoms with Gasteiger partial charge in [-0.2, -0.15) is 0 Å². The standard InChI is InChI=1S/C21H16ClNOS/c1-2-25-18-5-3-4-15(12-18)16-8-11-20-19(13-16)23-21(24-20)14-6-9-17(22)10-7-14/h3-13H,2H2,1H3. The molecule has 0 fully saturated rings. The summed E-state index contributed by atoms with van der Waals surface area (Å²) < 4.78 is 5.89. The zero-order chi connectivity index (χ0) is 17.2. The minimum atomic E-state index is 0.610. The van der Waals surface area contributed by atoms with Gasteiger partial charge in [0.05, 0.1) is 0 Å².